The van der Waals surface area contributed by atoms with Crippen LogP contribution < -0.4 is 0 Å². The number of imidazole rings is 1. The number of carbonyl (C=O) groups is 1. The van der Waals surface area contributed by atoms with Gasteiger partial charge in [0.15, 0.2) is 0 Å². The van der Waals surface area contributed by atoms with Crippen LogP contribution in [0.1, 0.15) is 30.8 Å². The van der Waals surface area contributed by atoms with Gasteiger partial charge in [0.25, 0.3) is 0 Å². The molecule has 82 valence electrons. The molecule has 0 amide bonds. The minimum Gasteiger partial charge on any atom is -0.481 e. The molecule has 0 saturated carbocycles. The highest BCUT2D eigenvalue weighted by atomic mass is 16.4. The van der Waals surface area contributed by atoms with E-state index >= 15 is 0 Å². The fourth-order valence-corrected chi connectivity index (χ4v) is 2.23. The van der Waals surface area contributed by atoms with Gasteiger partial charge in [-0.05, 0) is 32.1 Å². The van der Waals surface area contributed by atoms with Crippen molar-refractivity contribution in [3.05, 3.63) is 17.7 Å². The van der Waals surface area contributed by atoms with Gasteiger partial charge in [-0.1, -0.05) is 0 Å². The number of fused-ring (bicyclic) bond motifs is 1. The first-order chi connectivity index (χ1) is 7.16. The number of aliphatic carboxylic acids is 1. The van der Waals surface area contributed by atoms with E-state index in [2.05, 4.69) is 9.55 Å². The minimum absolute atomic E-state index is 0.285. The maximum atomic E-state index is 10.5. The summed E-state index contributed by atoms with van der Waals surface area (Å²) in [6.45, 7) is 2.94. The molecule has 2 rings (SSSR count). The summed E-state index contributed by atoms with van der Waals surface area (Å²) < 4.78 is 2.22. The summed E-state index contributed by atoms with van der Waals surface area (Å²) in [5.41, 5.74) is 1.29. The van der Waals surface area contributed by atoms with Crippen molar-refractivity contribution in [1.29, 1.82) is 0 Å². The first kappa shape index (κ1) is 10.2. The summed E-state index contributed by atoms with van der Waals surface area (Å²) in [4.78, 5) is 14.8. The molecule has 1 N–H and O–H groups in total. The van der Waals surface area contributed by atoms with Gasteiger partial charge < -0.3 is 9.67 Å². The molecule has 4 heteroatoms. The summed E-state index contributed by atoms with van der Waals surface area (Å²) in [5.74, 6) is 0.856. The Morgan fingerprint density at radius 3 is 3.27 bits per heavy atom. The second-order valence-corrected chi connectivity index (χ2v) is 4.24. The van der Waals surface area contributed by atoms with E-state index in [4.69, 9.17) is 5.11 Å². The third kappa shape index (κ3) is 2.19. The van der Waals surface area contributed by atoms with E-state index in [1.165, 1.54) is 5.69 Å². The molecule has 4 nitrogen and oxygen atoms in total. The molecule has 1 aliphatic heterocycles. The Kier molecular flexibility index (Phi) is 2.75. The zero-order valence-corrected chi connectivity index (χ0v) is 8.94. The standard InChI is InChI=1S/C11H16N2O2/c1-8-12-6-10-4-2-9(7-13(8)10)3-5-11(14)15/h6,9H,2-5,7H2,1H3,(H,14,15). The Hall–Kier alpha value is -1.32. The van der Waals surface area contributed by atoms with Crippen LogP contribution in [0.5, 0.6) is 0 Å². The van der Waals surface area contributed by atoms with Gasteiger partial charge in [-0.15, -0.1) is 0 Å². The molecular weight excluding hydrogens is 192 g/mol. The molecule has 1 aliphatic rings. The van der Waals surface area contributed by atoms with Gasteiger partial charge in [-0.25, -0.2) is 4.98 Å². The lowest BCUT2D eigenvalue weighted by Crippen LogP contribution is -2.21. The SMILES string of the molecule is Cc1ncc2n1CC(CCC(=O)O)CC2. The number of rotatable bonds is 3. The Balaban J connectivity index is 1.99. The quantitative estimate of drug-likeness (QED) is 0.821. The van der Waals surface area contributed by atoms with Gasteiger partial charge in [-0.3, -0.25) is 4.79 Å². The van der Waals surface area contributed by atoms with Gasteiger partial charge >= 0.3 is 5.97 Å². The first-order valence-electron chi connectivity index (χ1n) is 5.39. The predicted octanol–water partition coefficient (Wildman–Crippen LogP) is 1.62. The molecule has 0 aromatic carbocycles. The Morgan fingerprint density at radius 2 is 2.53 bits per heavy atom. The number of nitrogens with zero attached hydrogens (tertiary/aromatic N) is 2. The highest BCUT2D eigenvalue weighted by molar-refractivity contribution is 5.66. The van der Waals surface area contributed by atoms with Gasteiger partial charge in [0.1, 0.15) is 5.82 Å². The molecule has 0 radical (unpaired) electrons. The molecule has 0 spiro atoms. The van der Waals surface area contributed by atoms with Crippen LogP contribution in [-0.4, -0.2) is 20.6 Å². The first-order valence-corrected chi connectivity index (χ1v) is 5.39. The molecule has 2 heterocycles. The van der Waals surface area contributed by atoms with E-state index in [9.17, 15) is 4.79 Å². The zero-order chi connectivity index (χ0) is 10.8. The smallest absolute Gasteiger partial charge is 0.303 e. The van der Waals surface area contributed by atoms with Crippen LogP contribution in [0, 0.1) is 12.8 Å². The van der Waals surface area contributed by atoms with Crippen LogP contribution in [0.4, 0.5) is 0 Å². The van der Waals surface area contributed by atoms with E-state index < -0.39 is 5.97 Å². The Morgan fingerprint density at radius 1 is 1.73 bits per heavy atom. The molecule has 1 aromatic heterocycles. The van der Waals surface area contributed by atoms with Crippen molar-refractivity contribution in [2.75, 3.05) is 0 Å². The van der Waals surface area contributed by atoms with Crippen molar-refractivity contribution in [2.45, 2.75) is 39.2 Å². The summed E-state index contributed by atoms with van der Waals surface area (Å²) >= 11 is 0. The lowest BCUT2D eigenvalue weighted by atomic mass is 9.93. The van der Waals surface area contributed by atoms with Crippen LogP contribution in [0.3, 0.4) is 0 Å². The van der Waals surface area contributed by atoms with Gasteiger partial charge in [-0.2, -0.15) is 0 Å². The van der Waals surface area contributed by atoms with Crippen molar-refractivity contribution in [3.8, 4) is 0 Å². The van der Waals surface area contributed by atoms with Crippen LogP contribution in [0.25, 0.3) is 0 Å². The molecule has 1 aromatic rings. The molecule has 15 heavy (non-hydrogen) atoms. The van der Waals surface area contributed by atoms with Crippen LogP contribution in [-0.2, 0) is 17.8 Å². The number of carboxylic acids is 1. The Bertz CT molecular complexity index is 371. The maximum absolute atomic E-state index is 10.5. The fourth-order valence-electron chi connectivity index (χ4n) is 2.23. The lowest BCUT2D eigenvalue weighted by molar-refractivity contribution is -0.137. The van der Waals surface area contributed by atoms with Crippen LogP contribution >= 0.6 is 0 Å². The minimum atomic E-state index is -0.692. The average Bonchev–Trinajstić information content (AvgIpc) is 2.57. The lowest BCUT2D eigenvalue weighted by Gasteiger charge is -2.24. The van der Waals surface area contributed by atoms with Gasteiger partial charge in [0.2, 0.25) is 0 Å². The monoisotopic (exact) mass is 208 g/mol. The second kappa shape index (κ2) is 4.04. The largest absolute Gasteiger partial charge is 0.481 e. The molecule has 0 saturated heterocycles. The van der Waals surface area contributed by atoms with E-state index in [-0.39, 0.29) is 6.42 Å². The van der Waals surface area contributed by atoms with E-state index in [1.54, 1.807) is 0 Å². The predicted molar refractivity (Wildman–Crippen MR) is 55.6 cm³/mol. The molecule has 0 aliphatic carbocycles. The maximum Gasteiger partial charge on any atom is 0.303 e. The van der Waals surface area contributed by atoms with Crippen molar-refractivity contribution in [1.82, 2.24) is 9.55 Å². The summed E-state index contributed by atoms with van der Waals surface area (Å²) in [6.07, 6.45) is 5.13. The molecular formula is C11H16N2O2. The normalized spacial score (nSPS) is 19.9. The number of hydrogen-bond acceptors (Lipinski definition) is 2. The van der Waals surface area contributed by atoms with Crippen LogP contribution in [0.2, 0.25) is 0 Å². The van der Waals surface area contributed by atoms with Crippen molar-refractivity contribution < 1.29 is 9.90 Å². The van der Waals surface area contributed by atoms with Gasteiger partial charge in [0, 0.05) is 24.9 Å². The number of carboxylic acid groups (broad SMARTS) is 1. The zero-order valence-electron chi connectivity index (χ0n) is 8.94. The van der Waals surface area contributed by atoms with Crippen LogP contribution in [0.15, 0.2) is 6.20 Å². The summed E-state index contributed by atoms with van der Waals surface area (Å²) in [6, 6.07) is 0. The van der Waals surface area contributed by atoms with E-state index in [0.29, 0.717) is 5.92 Å². The van der Waals surface area contributed by atoms with E-state index in [1.807, 2.05) is 13.1 Å². The molecule has 1 atom stereocenters. The van der Waals surface area contributed by atoms with Crippen molar-refractivity contribution >= 4 is 5.97 Å². The summed E-state index contributed by atoms with van der Waals surface area (Å²) in [5, 5.41) is 8.63. The van der Waals surface area contributed by atoms with E-state index in [0.717, 1.165) is 31.6 Å². The molecule has 0 bridgehead atoms. The fraction of sp³-hybridized carbons (Fsp3) is 0.636. The third-order valence-electron chi connectivity index (χ3n) is 3.15. The third-order valence-corrected chi connectivity index (χ3v) is 3.15. The molecule has 0 fully saturated rings. The van der Waals surface area contributed by atoms with Crippen molar-refractivity contribution in [3.63, 3.8) is 0 Å². The highest BCUT2D eigenvalue weighted by Crippen LogP contribution is 2.24. The number of hydrogen-bond donors (Lipinski definition) is 1. The second-order valence-electron chi connectivity index (χ2n) is 4.24. The van der Waals surface area contributed by atoms with Crippen molar-refractivity contribution in [2.24, 2.45) is 5.92 Å². The Labute approximate surface area is 88.9 Å². The molecule has 1 unspecified atom stereocenters. The average molecular weight is 208 g/mol. The number of aryl methyl sites for hydroxylation is 2. The highest BCUT2D eigenvalue weighted by Gasteiger charge is 2.20. The van der Waals surface area contributed by atoms with Gasteiger partial charge in [0.05, 0.1) is 0 Å². The topological polar surface area (TPSA) is 55.1 Å². The number of aromatic nitrogens is 2. The summed E-state index contributed by atoms with van der Waals surface area (Å²) in [7, 11) is 0.